The van der Waals surface area contributed by atoms with Crippen molar-refractivity contribution < 1.29 is 14.3 Å². The molecule has 0 aliphatic carbocycles. The topological polar surface area (TPSA) is 100 Å². The van der Waals surface area contributed by atoms with Gasteiger partial charge >= 0.3 is 11.6 Å². The molecule has 6 nitrogen and oxygen atoms in total. The third-order valence-corrected chi connectivity index (χ3v) is 2.83. The van der Waals surface area contributed by atoms with Crippen LogP contribution in [0.4, 0.5) is 0 Å². The Balaban J connectivity index is 2.63. The van der Waals surface area contributed by atoms with Gasteiger partial charge < -0.3 is 14.5 Å². The van der Waals surface area contributed by atoms with E-state index >= 15 is 0 Å². The zero-order valence-electron chi connectivity index (χ0n) is 9.47. The molecule has 1 aromatic carbocycles. The number of carboxylic acid groups (broad SMARTS) is 1. The molecule has 0 saturated carbocycles. The van der Waals surface area contributed by atoms with Crippen LogP contribution >= 0.6 is 0 Å². The number of aromatic amines is 1. The number of hydrogen-bond acceptors (Lipinski definition) is 4. The molecule has 3 aromatic rings. The van der Waals surface area contributed by atoms with Crippen molar-refractivity contribution in [1.29, 1.82) is 0 Å². The molecule has 94 valence electrons. The average Bonchev–Trinajstić information content (AvgIpc) is 2.38. The molecule has 3 rings (SSSR count). The van der Waals surface area contributed by atoms with Crippen LogP contribution in [0.25, 0.3) is 21.9 Å². The van der Waals surface area contributed by atoms with Crippen LogP contribution in [-0.2, 0) is 0 Å². The van der Waals surface area contributed by atoms with Gasteiger partial charge in [-0.2, -0.15) is 0 Å². The molecule has 2 aromatic heterocycles. The highest BCUT2D eigenvalue weighted by atomic mass is 16.4. The van der Waals surface area contributed by atoms with Gasteiger partial charge in [-0.05, 0) is 6.07 Å². The molecular formula is C13H7NO5. The second-order valence-electron chi connectivity index (χ2n) is 3.99. The fourth-order valence-corrected chi connectivity index (χ4v) is 2.01. The predicted molar refractivity (Wildman–Crippen MR) is 67.6 cm³/mol. The van der Waals surface area contributed by atoms with Gasteiger partial charge in [0.05, 0.1) is 5.39 Å². The molecule has 0 spiro atoms. The van der Waals surface area contributed by atoms with Crippen LogP contribution in [0.3, 0.4) is 0 Å². The van der Waals surface area contributed by atoms with Gasteiger partial charge in [0.25, 0.3) is 0 Å². The highest BCUT2D eigenvalue weighted by molar-refractivity contribution is 6.03. The number of aromatic carboxylic acids is 1. The zero-order valence-corrected chi connectivity index (χ0v) is 9.47. The van der Waals surface area contributed by atoms with E-state index in [1.165, 1.54) is 0 Å². The van der Waals surface area contributed by atoms with Crippen LogP contribution in [0.1, 0.15) is 10.5 Å². The van der Waals surface area contributed by atoms with Crippen LogP contribution in [0.5, 0.6) is 0 Å². The number of pyridine rings is 1. The third kappa shape index (κ3) is 1.61. The molecule has 0 fully saturated rings. The first-order valence-electron chi connectivity index (χ1n) is 5.40. The predicted octanol–water partition coefficient (Wildman–Crippen LogP) is 1.33. The smallest absolute Gasteiger partial charge is 0.360 e. The van der Waals surface area contributed by atoms with Gasteiger partial charge in [-0.15, -0.1) is 0 Å². The Morgan fingerprint density at radius 2 is 1.95 bits per heavy atom. The second kappa shape index (κ2) is 3.81. The van der Waals surface area contributed by atoms with Crippen LogP contribution in [0, 0.1) is 0 Å². The lowest BCUT2D eigenvalue weighted by Gasteiger charge is -2.02. The van der Waals surface area contributed by atoms with Crippen molar-refractivity contribution >= 4 is 27.8 Å². The summed E-state index contributed by atoms with van der Waals surface area (Å²) in [5.41, 5.74) is -1.50. The number of benzene rings is 1. The molecule has 19 heavy (non-hydrogen) atoms. The van der Waals surface area contributed by atoms with Crippen molar-refractivity contribution in [3.05, 3.63) is 56.7 Å². The highest BCUT2D eigenvalue weighted by Crippen LogP contribution is 2.18. The van der Waals surface area contributed by atoms with E-state index in [0.717, 1.165) is 6.07 Å². The number of carbonyl (C=O) groups is 1. The number of rotatable bonds is 1. The molecule has 6 heteroatoms. The number of nitrogens with one attached hydrogen (secondary N) is 1. The first-order chi connectivity index (χ1) is 9.08. The number of carboxylic acids is 1. The monoisotopic (exact) mass is 257 g/mol. The molecule has 2 N–H and O–H groups in total. The van der Waals surface area contributed by atoms with E-state index < -0.39 is 17.0 Å². The van der Waals surface area contributed by atoms with Gasteiger partial charge in [0.2, 0.25) is 0 Å². The fourth-order valence-electron chi connectivity index (χ4n) is 2.01. The Morgan fingerprint density at radius 1 is 1.21 bits per heavy atom. The summed E-state index contributed by atoms with van der Waals surface area (Å²) in [7, 11) is 0. The summed E-state index contributed by atoms with van der Waals surface area (Å²) in [4.78, 5) is 37.1. The Labute approximate surface area is 104 Å². The van der Waals surface area contributed by atoms with Crippen LogP contribution in [0.2, 0.25) is 0 Å². The molecule has 0 radical (unpaired) electrons. The summed E-state index contributed by atoms with van der Waals surface area (Å²) < 4.78 is 5.05. The van der Waals surface area contributed by atoms with Crippen molar-refractivity contribution in [3.63, 3.8) is 0 Å². The van der Waals surface area contributed by atoms with E-state index in [1.54, 1.807) is 24.3 Å². The molecule has 0 unspecified atom stereocenters. The van der Waals surface area contributed by atoms with Crippen LogP contribution < -0.4 is 11.1 Å². The highest BCUT2D eigenvalue weighted by Gasteiger charge is 2.14. The number of para-hydroxylation sites is 1. The molecule has 0 aliphatic heterocycles. The van der Waals surface area contributed by atoms with Gasteiger partial charge in [0, 0.05) is 11.5 Å². The summed E-state index contributed by atoms with van der Waals surface area (Å²) in [5.74, 6) is -1.31. The minimum Gasteiger partial charge on any atom is -0.477 e. The maximum Gasteiger partial charge on any atom is 0.360 e. The van der Waals surface area contributed by atoms with Crippen LogP contribution in [0.15, 0.2) is 44.3 Å². The number of fused-ring (bicyclic) bond motifs is 3. The van der Waals surface area contributed by atoms with Crippen molar-refractivity contribution in [3.8, 4) is 0 Å². The minimum absolute atomic E-state index is 0.136. The summed E-state index contributed by atoms with van der Waals surface area (Å²) in [6.07, 6.45) is 0. The number of hydrogen-bond donors (Lipinski definition) is 2. The molecule has 0 amide bonds. The second-order valence-corrected chi connectivity index (χ2v) is 3.99. The van der Waals surface area contributed by atoms with Crippen molar-refractivity contribution in [2.45, 2.75) is 0 Å². The van der Waals surface area contributed by atoms with Gasteiger partial charge in [0.15, 0.2) is 5.43 Å². The van der Waals surface area contributed by atoms with Gasteiger partial charge in [-0.25, -0.2) is 9.59 Å². The van der Waals surface area contributed by atoms with E-state index in [0.29, 0.717) is 5.39 Å². The molecular weight excluding hydrogens is 250 g/mol. The van der Waals surface area contributed by atoms with Crippen molar-refractivity contribution in [2.75, 3.05) is 0 Å². The Kier molecular flexibility index (Phi) is 2.25. The van der Waals surface area contributed by atoms with Gasteiger partial charge in [0.1, 0.15) is 16.8 Å². The Morgan fingerprint density at radius 3 is 2.68 bits per heavy atom. The average molecular weight is 257 g/mol. The minimum atomic E-state index is -1.31. The first-order valence-corrected chi connectivity index (χ1v) is 5.40. The van der Waals surface area contributed by atoms with Crippen LogP contribution in [-0.4, -0.2) is 16.1 Å². The van der Waals surface area contributed by atoms with E-state index in [4.69, 9.17) is 9.52 Å². The molecule has 0 bridgehead atoms. The SMILES string of the molecule is O=C(O)c1cc(=O)c2c([nH]1)c(=O)oc1ccccc12. The maximum absolute atomic E-state index is 12.0. The first kappa shape index (κ1) is 11.2. The summed E-state index contributed by atoms with van der Waals surface area (Å²) in [5, 5.41) is 9.47. The summed E-state index contributed by atoms with van der Waals surface area (Å²) in [6.45, 7) is 0. The number of aromatic nitrogens is 1. The number of H-pyrrole nitrogens is 1. The zero-order chi connectivity index (χ0) is 13.6. The largest absolute Gasteiger partial charge is 0.477 e. The van der Waals surface area contributed by atoms with E-state index in [2.05, 4.69) is 4.98 Å². The Hall–Kier alpha value is -2.89. The van der Waals surface area contributed by atoms with Crippen molar-refractivity contribution in [1.82, 2.24) is 4.98 Å². The normalized spacial score (nSPS) is 10.9. The fraction of sp³-hybridized carbons (Fsp3) is 0. The van der Waals surface area contributed by atoms with Gasteiger partial charge in [-0.3, -0.25) is 4.79 Å². The van der Waals surface area contributed by atoms with E-state index in [-0.39, 0.29) is 22.2 Å². The summed E-state index contributed by atoms with van der Waals surface area (Å²) in [6, 6.07) is 7.54. The molecule has 2 heterocycles. The molecule has 0 aliphatic rings. The maximum atomic E-state index is 12.0. The van der Waals surface area contributed by atoms with E-state index in [9.17, 15) is 14.4 Å². The lowest BCUT2D eigenvalue weighted by molar-refractivity contribution is 0.0691. The van der Waals surface area contributed by atoms with Crippen molar-refractivity contribution in [2.24, 2.45) is 0 Å². The Bertz CT molecular complexity index is 935. The molecule has 0 saturated heterocycles. The lowest BCUT2D eigenvalue weighted by Crippen LogP contribution is -2.15. The summed E-state index contributed by atoms with van der Waals surface area (Å²) >= 11 is 0. The van der Waals surface area contributed by atoms with Gasteiger partial charge in [-0.1, -0.05) is 18.2 Å². The third-order valence-electron chi connectivity index (χ3n) is 2.83. The standard InChI is InChI=1S/C13H7NO5/c15-8-5-7(12(16)17)14-11-10(8)6-3-1-2-4-9(6)19-13(11)18/h1-5H,(H,14,15)(H,16,17). The lowest BCUT2D eigenvalue weighted by atomic mass is 10.1. The molecule has 0 atom stereocenters. The van der Waals surface area contributed by atoms with E-state index in [1.807, 2.05) is 0 Å². The quantitative estimate of drug-likeness (QED) is 0.506.